The smallest absolute Gasteiger partial charge is 0.124 e. The number of nitriles is 1. The van der Waals surface area contributed by atoms with Crippen LogP contribution in [0, 0.1) is 17.2 Å². The summed E-state index contributed by atoms with van der Waals surface area (Å²) in [7, 11) is 2.02. The molecule has 0 radical (unpaired) electrons. The summed E-state index contributed by atoms with van der Waals surface area (Å²) in [6, 6.07) is 21.1. The molecule has 0 N–H and O–H groups in total. The molecule has 3 rings (SSSR count). The number of hydrogen-bond donors (Lipinski definition) is 0. The van der Waals surface area contributed by atoms with Crippen molar-refractivity contribution in [2.75, 3.05) is 11.9 Å². The first-order chi connectivity index (χ1) is 11.3. The van der Waals surface area contributed by atoms with E-state index in [1.807, 2.05) is 25.2 Å². The second kappa shape index (κ2) is 6.71. The Hall–Kier alpha value is -2.53. The lowest BCUT2D eigenvalue weighted by Crippen LogP contribution is -2.37. The predicted octanol–water partition coefficient (Wildman–Crippen LogP) is 4.55. The Bertz CT molecular complexity index is 727. The van der Waals surface area contributed by atoms with Crippen LogP contribution in [0.3, 0.4) is 0 Å². The molecule has 0 saturated heterocycles. The lowest BCUT2D eigenvalue weighted by molar-refractivity contribution is 0.496. The van der Waals surface area contributed by atoms with E-state index in [0.717, 1.165) is 12.1 Å². The summed E-state index contributed by atoms with van der Waals surface area (Å²) in [5, 5.41) is 9.91. The van der Waals surface area contributed by atoms with Crippen LogP contribution in [0.5, 0.6) is 0 Å². The Morgan fingerprint density at radius 3 is 2.52 bits per heavy atom. The van der Waals surface area contributed by atoms with Crippen LogP contribution in [-0.2, 0) is 6.42 Å². The standard InChI is InChI=1S/C21H22N2/c1-3-9-17-14-16-10-7-8-13-19(16)21(17)20(15-22)23(2)18-11-5-4-6-12-18/h3-13,17,20-21H,14H2,1-2H3/b9-3+/t17-,20+,21+/m1/s1. The van der Waals surface area contributed by atoms with Crippen LogP contribution in [0.25, 0.3) is 0 Å². The number of fused-ring (bicyclic) bond motifs is 1. The highest BCUT2D eigenvalue weighted by Gasteiger charge is 2.38. The molecule has 1 aliphatic carbocycles. The summed E-state index contributed by atoms with van der Waals surface area (Å²) in [6.07, 6.45) is 5.39. The molecule has 2 aromatic rings. The number of hydrogen-bond acceptors (Lipinski definition) is 2. The van der Waals surface area contributed by atoms with Gasteiger partial charge in [-0.2, -0.15) is 5.26 Å². The average Bonchev–Trinajstić information content (AvgIpc) is 2.95. The van der Waals surface area contributed by atoms with Crippen LogP contribution >= 0.6 is 0 Å². The van der Waals surface area contributed by atoms with E-state index in [9.17, 15) is 5.26 Å². The third kappa shape index (κ3) is 2.87. The maximum absolute atomic E-state index is 9.91. The molecule has 0 unspecified atom stereocenters. The number of benzene rings is 2. The molecule has 0 saturated carbocycles. The summed E-state index contributed by atoms with van der Waals surface area (Å²) in [5.74, 6) is 0.589. The zero-order chi connectivity index (χ0) is 16.2. The molecule has 2 aromatic carbocycles. The van der Waals surface area contributed by atoms with Gasteiger partial charge in [0.05, 0.1) is 6.07 Å². The highest BCUT2D eigenvalue weighted by molar-refractivity contribution is 5.51. The SMILES string of the molecule is C/C=C/[C@@H]1Cc2ccccc2[C@H]1[C@H](C#N)N(C)c1ccccc1. The van der Waals surface area contributed by atoms with E-state index in [-0.39, 0.29) is 12.0 Å². The van der Waals surface area contributed by atoms with Crippen LogP contribution in [0.4, 0.5) is 5.69 Å². The van der Waals surface area contributed by atoms with Gasteiger partial charge in [0.15, 0.2) is 0 Å². The summed E-state index contributed by atoms with van der Waals surface area (Å²) in [4.78, 5) is 2.11. The van der Waals surface area contributed by atoms with Crippen LogP contribution in [0.15, 0.2) is 66.7 Å². The number of likely N-dealkylation sites (N-methyl/N-ethyl adjacent to an activating group) is 1. The van der Waals surface area contributed by atoms with Crippen molar-refractivity contribution in [3.8, 4) is 6.07 Å². The van der Waals surface area contributed by atoms with E-state index in [2.05, 4.69) is 66.4 Å². The summed E-state index contributed by atoms with van der Waals surface area (Å²) in [5.41, 5.74) is 3.79. The van der Waals surface area contributed by atoms with E-state index in [1.54, 1.807) is 0 Å². The largest absolute Gasteiger partial charge is 0.358 e. The van der Waals surface area contributed by atoms with E-state index < -0.39 is 0 Å². The summed E-state index contributed by atoms with van der Waals surface area (Å²) < 4.78 is 0. The van der Waals surface area contributed by atoms with Crippen molar-refractivity contribution in [3.05, 3.63) is 77.9 Å². The summed E-state index contributed by atoms with van der Waals surface area (Å²) in [6.45, 7) is 2.06. The molecule has 0 fully saturated rings. The van der Waals surface area contributed by atoms with Gasteiger partial charge >= 0.3 is 0 Å². The molecule has 23 heavy (non-hydrogen) atoms. The van der Waals surface area contributed by atoms with Gasteiger partial charge in [-0.1, -0.05) is 54.6 Å². The second-order valence-corrected chi connectivity index (χ2v) is 6.14. The van der Waals surface area contributed by atoms with Crippen LogP contribution in [-0.4, -0.2) is 13.1 Å². The zero-order valence-corrected chi connectivity index (χ0v) is 13.7. The van der Waals surface area contributed by atoms with Crippen molar-refractivity contribution in [1.29, 1.82) is 5.26 Å². The number of nitrogens with zero attached hydrogens (tertiary/aromatic N) is 2. The zero-order valence-electron chi connectivity index (χ0n) is 13.7. The maximum atomic E-state index is 9.91. The first kappa shape index (κ1) is 15.4. The molecule has 0 aliphatic heterocycles. The van der Waals surface area contributed by atoms with Gasteiger partial charge in [0, 0.05) is 18.7 Å². The molecular formula is C21H22N2. The molecule has 0 heterocycles. The predicted molar refractivity (Wildman–Crippen MR) is 95.4 cm³/mol. The van der Waals surface area contributed by atoms with Gasteiger partial charge in [0.1, 0.15) is 6.04 Å². The number of para-hydroxylation sites is 1. The van der Waals surface area contributed by atoms with E-state index in [1.165, 1.54) is 11.1 Å². The molecule has 2 nitrogen and oxygen atoms in total. The lowest BCUT2D eigenvalue weighted by atomic mass is 9.85. The minimum Gasteiger partial charge on any atom is -0.358 e. The molecular weight excluding hydrogens is 280 g/mol. The first-order valence-corrected chi connectivity index (χ1v) is 8.14. The fourth-order valence-corrected chi connectivity index (χ4v) is 3.73. The number of allylic oxidation sites excluding steroid dienone is 2. The maximum Gasteiger partial charge on any atom is 0.124 e. The molecule has 0 amide bonds. The van der Waals surface area contributed by atoms with Crippen molar-refractivity contribution >= 4 is 5.69 Å². The lowest BCUT2D eigenvalue weighted by Gasteiger charge is -2.32. The first-order valence-electron chi connectivity index (χ1n) is 8.14. The van der Waals surface area contributed by atoms with E-state index in [0.29, 0.717) is 5.92 Å². The highest BCUT2D eigenvalue weighted by atomic mass is 15.1. The van der Waals surface area contributed by atoms with Gasteiger partial charge < -0.3 is 4.90 Å². The summed E-state index contributed by atoms with van der Waals surface area (Å²) >= 11 is 0. The normalized spacial score (nSPS) is 20.9. The van der Waals surface area contributed by atoms with Gasteiger partial charge in [-0.25, -0.2) is 0 Å². The van der Waals surface area contributed by atoms with Crippen molar-refractivity contribution in [1.82, 2.24) is 0 Å². The van der Waals surface area contributed by atoms with E-state index >= 15 is 0 Å². The van der Waals surface area contributed by atoms with Crippen LogP contribution in [0.2, 0.25) is 0 Å². The molecule has 0 spiro atoms. The second-order valence-electron chi connectivity index (χ2n) is 6.14. The molecule has 2 heteroatoms. The Labute approximate surface area is 138 Å². The van der Waals surface area contributed by atoms with Gasteiger partial charge in [0.25, 0.3) is 0 Å². The van der Waals surface area contributed by atoms with Crippen molar-refractivity contribution in [2.24, 2.45) is 5.92 Å². The Morgan fingerprint density at radius 1 is 1.13 bits per heavy atom. The molecule has 0 bridgehead atoms. The minimum atomic E-state index is -0.178. The third-order valence-corrected chi connectivity index (χ3v) is 4.82. The Balaban J connectivity index is 2.00. The molecule has 116 valence electrons. The van der Waals surface area contributed by atoms with Crippen LogP contribution < -0.4 is 4.90 Å². The highest BCUT2D eigenvalue weighted by Crippen LogP contribution is 2.42. The topological polar surface area (TPSA) is 27.0 Å². The van der Waals surface area contributed by atoms with E-state index in [4.69, 9.17) is 0 Å². The molecule has 1 aliphatic rings. The van der Waals surface area contributed by atoms with Gasteiger partial charge in [-0.3, -0.25) is 0 Å². The Morgan fingerprint density at radius 2 is 1.83 bits per heavy atom. The average molecular weight is 302 g/mol. The quantitative estimate of drug-likeness (QED) is 0.775. The minimum absolute atomic E-state index is 0.178. The fraction of sp³-hybridized carbons (Fsp3) is 0.286. The molecule has 3 atom stereocenters. The third-order valence-electron chi connectivity index (χ3n) is 4.82. The molecule has 0 aromatic heterocycles. The van der Waals surface area contributed by atoms with Crippen molar-refractivity contribution < 1.29 is 0 Å². The number of rotatable bonds is 4. The van der Waals surface area contributed by atoms with Crippen LogP contribution in [0.1, 0.15) is 24.0 Å². The van der Waals surface area contributed by atoms with Gasteiger partial charge in [-0.15, -0.1) is 0 Å². The monoisotopic (exact) mass is 302 g/mol. The van der Waals surface area contributed by atoms with Gasteiger partial charge in [0.2, 0.25) is 0 Å². The van der Waals surface area contributed by atoms with Crippen molar-refractivity contribution in [3.63, 3.8) is 0 Å². The Kier molecular flexibility index (Phi) is 4.48. The fourth-order valence-electron chi connectivity index (χ4n) is 3.73. The number of anilines is 1. The van der Waals surface area contributed by atoms with Crippen molar-refractivity contribution in [2.45, 2.75) is 25.3 Å². The van der Waals surface area contributed by atoms with Gasteiger partial charge in [-0.05, 0) is 42.5 Å².